The van der Waals surface area contributed by atoms with Gasteiger partial charge in [-0.25, -0.2) is 10.4 Å². The zero-order valence-corrected chi connectivity index (χ0v) is 8.90. The minimum atomic E-state index is 0.0324. The average Bonchev–Trinajstić information content (AvgIpc) is 2.60. The van der Waals surface area contributed by atoms with Crippen LogP contribution in [0.15, 0.2) is 12.4 Å². The fraction of sp³-hybridized carbons (Fsp3) is 0.667. The maximum absolute atomic E-state index is 5.48. The normalized spacial score (nSPS) is 15.4. The fourth-order valence-corrected chi connectivity index (χ4v) is 1.39. The van der Waals surface area contributed by atoms with Crippen LogP contribution in [0.1, 0.15) is 25.2 Å². The average molecular weight is 198 g/mol. The lowest BCUT2D eigenvalue weighted by atomic mass is 10.1. The van der Waals surface area contributed by atoms with Crippen LogP contribution in [0.4, 0.5) is 0 Å². The quantitative estimate of drug-likeness (QED) is 0.529. The van der Waals surface area contributed by atoms with Crippen LogP contribution >= 0.6 is 0 Å². The highest BCUT2D eigenvalue weighted by Crippen LogP contribution is 2.16. The molecule has 1 aromatic heterocycles. The van der Waals surface area contributed by atoms with Crippen LogP contribution in [-0.2, 0) is 11.8 Å². The molecule has 0 aliphatic carbocycles. The van der Waals surface area contributed by atoms with E-state index in [9.17, 15) is 0 Å². The molecule has 80 valence electrons. The van der Waals surface area contributed by atoms with E-state index in [2.05, 4.69) is 10.4 Å². The summed E-state index contributed by atoms with van der Waals surface area (Å²) in [6.07, 6.45) is 4.62. The van der Waals surface area contributed by atoms with Gasteiger partial charge in [-0.2, -0.15) is 0 Å². The van der Waals surface area contributed by atoms with Gasteiger partial charge in [0, 0.05) is 26.6 Å². The van der Waals surface area contributed by atoms with E-state index in [4.69, 9.17) is 10.6 Å². The molecule has 1 rings (SSSR count). The lowest BCUT2D eigenvalue weighted by Crippen LogP contribution is -2.32. The third-order valence-corrected chi connectivity index (χ3v) is 2.34. The van der Waals surface area contributed by atoms with Crippen LogP contribution in [0.5, 0.6) is 0 Å². The topological polar surface area (TPSA) is 65.1 Å². The van der Waals surface area contributed by atoms with Crippen LogP contribution in [0, 0.1) is 0 Å². The molecule has 0 radical (unpaired) electrons. The van der Waals surface area contributed by atoms with Gasteiger partial charge < -0.3 is 9.30 Å². The Morgan fingerprint density at radius 1 is 1.71 bits per heavy atom. The van der Waals surface area contributed by atoms with Gasteiger partial charge in [-0.1, -0.05) is 0 Å². The first kappa shape index (κ1) is 11.2. The van der Waals surface area contributed by atoms with E-state index in [1.54, 1.807) is 13.3 Å². The summed E-state index contributed by atoms with van der Waals surface area (Å²) in [5.41, 5.74) is 2.75. The highest BCUT2D eigenvalue weighted by Gasteiger charge is 2.16. The lowest BCUT2D eigenvalue weighted by Gasteiger charge is -2.18. The van der Waals surface area contributed by atoms with E-state index in [0.717, 1.165) is 12.2 Å². The number of nitrogens with zero attached hydrogens (tertiary/aromatic N) is 2. The Balaban J connectivity index is 2.67. The maximum Gasteiger partial charge on any atom is 0.127 e. The second-order valence-corrected chi connectivity index (χ2v) is 3.40. The minimum absolute atomic E-state index is 0.0324. The van der Waals surface area contributed by atoms with Crippen LogP contribution in [0.3, 0.4) is 0 Å². The van der Waals surface area contributed by atoms with E-state index in [-0.39, 0.29) is 12.1 Å². The van der Waals surface area contributed by atoms with Gasteiger partial charge in [0.2, 0.25) is 0 Å². The summed E-state index contributed by atoms with van der Waals surface area (Å²) in [6.45, 7) is 2.01. The molecule has 0 saturated carbocycles. The summed E-state index contributed by atoms with van der Waals surface area (Å²) < 4.78 is 7.14. The summed E-state index contributed by atoms with van der Waals surface area (Å²) in [4.78, 5) is 4.24. The zero-order valence-electron chi connectivity index (χ0n) is 8.90. The first-order valence-electron chi connectivity index (χ1n) is 4.65. The maximum atomic E-state index is 5.48. The monoisotopic (exact) mass is 198 g/mol. The van der Waals surface area contributed by atoms with Crippen LogP contribution < -0.4 is 11.3 Å². The van der Waals surface area contributed by atoms with Crippen molar-refractivity contribution >= 4 is 0 Å². The smallest absolute Gasteiger partial charge is 0.127 e. The number of nitrogens with one attached hydrogen (secondary N) is 1. The molecule has 0 aliphatic heterocycles. The Kier molecular flexibility index (Phi) is 4.06. The van der Waals surface area contributed by atoms with Gasteiger partial charge in [0.15, 0.2) is 0 Å². The van der Waals surface area contributed by atoms with E-state index >= 15 is 0 Å². The summed E-state index contributed by atoms with van der Waals surface area (Å²) in [5, 5.41) is 0. The summed E-state index contributed by atoms with van der Waals surface area (Å²) in [7, 11) is 3.64. The SMILES string of the molecule is COC(C)CC(NN)c1nccn1C. The molecule has 0 aliphatic rings. The van der Waals surface area contributed by atoms with E-state index in [1.165, 1.54) is 0 Å². The van der Waals surface area contributed by atoms with Crippen molar-refractivity contribution < 1.29 is 4.74 Å². The third kappa shape index (κ3) is 2.54. The molecule has 5 nitrogen and oxygen atoms in total. The van der Waals surface area contributed by atoms with Crippen LogP contribution in [0.25, 0.3) is 0 Å². The fourth-order valence-electron chi connectivity index (χ4n) is 1.39. The van der Waals surface area contributed by atoms with Gasteiger partial charge in [0.1, 0.15) is 5.82 Å². The van der Waals surface area contributed by atoms with Crippen molar-refractivity contribution in [1.82, 2.24) is 15.0 Å². The molecule has 14 heavy (non-hydrogen) atoms. The van der Waals surface area contributed by atoms with Gasteiger partial charge in [-0.05, 0) is 13.3 Å². The molecule has 2 unspecified atom stereocenters. The molecule has 0 amide bonds. The first-order chi connectivity index (χ1) is 6.69. The van der Waals surface area contributed by atoms with Crippen LogP contribution in [0.2, 0.25) is 0 Å². The highest BCUT2D eigenvalue weighted by molar-refractivity contribution is 4.98. The predicted molar refractivity (Wildman–Crippen MR) is 54.4 cm³/mol. The van der Waals surface area contributed by atoms with Crippen LogP contribution in [-0.4, -0.2) is 22.8 Å². The Hall–Kier alpha value is -0.910. The molecule has 0 bridgehead atoms. The molecular formula is C9H18N4O. The van der Waals surface area contributed by atoms with Crippen molar-refractivity contribution in [3.05, 3.63) is 18.2 Å². The Morgan fingerprint density at radius 2 is 2.43 bits per heavy atom. The number of ether oxygens (including phenoxy) is 1. The number of aryl methyl sites for hydroxylation is 1. The molecule has 1 aromatic rings. The summed E-state index contributed by atoms with van der Waals surface area (Å²) in [5.74, 6) is 6.40. The third-order valence-electron chi connectivity index (χ3n) is 2.34. The number of nitrogens with two attached hydrogens (primary N) is 1. The lowest BCUT2D eigenvalue weighted by molar-refractivity contribution is 0.0990. The predicted octanol–water partition coefficient (Wildman–Crippen LogP) is 0.349. The van der Waals surface area contributed by atoms with Crippen molar-refractivity contribution in [3.8, 4) is 0 Å². The molecule has 2 atom stereocenters. The molecule has 5 heteroatoms. The van der Waals surface area contributed by atoms with Crippen molar-refractivity contribution in [1.29, 1.82) is 0 Å². The molecule has 3 N–H and O–H groups in total. The molecule has 0 spiro atoms. The largest absolute Gasteiger partial charge is 0.382 e. The summed E-state index contributed by atoms with van der Waals surface area (Å²) in [6, 6.07) is 0.0324. The number of hydrogen-bond acceptors (Lipinski definition) is 4. The van der Waals surface area contributed by atoms with Crippen molar-refractivity contribution in [2.45, 2.75) is 25.5 Å². The first-order valence-corrected chi connectivity index (χ1v) is 4.65. The number of imidazole rings is 1. The molecule has 0 saturated heterocycles. The van der Waals surface area contributed by atoms with Crippen molar-refractivity contribution in [2.24, 2.45) is 12.9 Å². The molecule has 1 heterocycles. The second kappa shape index (κ2) is 5.09. The Bertz CT molecular complexity index is 274. The Labute approximate surface area is 84.2 Å². The number of hydrazine groups is 1. The number of hydrogen-bond donors (Lipinski definition) is 2. The summed E-state index contributed by atoms with van der Waals surface area (Å²) >= 11 is 0. The number of methoxy groups -OCH3 is 1. The van der Waals surface area contributed by atoms with Gasteiger partial charge >= 0.3 is 0 Å². The minimum Gasteiger partial charge on any atom is -0.382 e. The molecule has 0 aromatic carbocycles. The van der Waals surface area contributed by atoms with Gasteiger partial charge in [0.05, 0.1) is 12.1 Å². The van der Waals surface area contributed by atoms with Crippen molar-refractivity contribution in [3.63, 3.8) is 0 Å². The van der Waals surface area contributed by atoms with Gasteiger partial charge in [-0.15, -0.1) is 0 Å². The standard InChI is InChI=1S/C9H18N4O/c1-7(14-3)6-8(12-10)9-11-4-5-13(9)2/h4-5,7-8,12H,6,10H2,1-3H3. The van der Waals surface area contributed by atoms with Gasteiger partial charge in [0.25, 0.3) is 0 Å². The number of rotatable bonds is 5. The second-order valence-electron chi connectivity index (χ2n) is 3.40. The number of aromatic nitrogens is 2. The highest BCUT2D eigenvalue weighted by atomic mass is 16.5. The Morgan fingerprint density at radius 3 is 2.86 bits per heavy atom. The molecular weight excluding hydrogens is 180 g/mol. The van der Waals surface area contributed by atoms with E-state index < -0.39 is 0 Å². The van der Waals surface area contributed by atoms with E-state index in [0.29, 0.717) is 0 Å². The van der Waals surface area contributed by atoms with E-state index in [1.807, 2.05) is 24.7 Å². The zero-order chi connectivity index (χ0) is 10.6. The molecule has 0 fully saturated rings. The van der Waals surface area contributed by atoms with Crippen molar-refractivity contribution in [2.75, 3.05) is 7.11 Å². The van der Waals surface area contributed by atoms with Gasteiger partial charge in [-0.3, -0.25) is 5.84 Å².